The summed E-state index contributed by atoms with van der Waals surface area (Å²) >= 11 is 3.76. The molecular formula is C18H27BrN2O. The summed E-state index contributed by atoms with van der Waals surface area (Å²) in [5, 5.41) is 0. The molecule has 2 N–H and O–H groups in total. The molecule has 2 fully saturated rings. The Kier molecular flexibility index (Phi) is 5.55. The molecule has 1 aromatic carbocycles. The highest BCUT2D eigenvalue weighted by Gasteiger charge is 2.29. The Morgan fingerprint density at radius 3 is 2.55 bits per heavy atom. The van der Waals surface area contributed by atoms with Crippen molar-refractivity contribution in [1.29, 1.82) is 0 Å². The van der Waals surface area contributed by atoms with Gasteiger partial charge in [-0.3, -0.25) is 4.90 Å². The average molecular weight is 367 g/mol. The zero-order valence-electron chi connectivity index (χ0n) is 13.3. The zero-order valence-corrected chi connectivity index (χ0v) is 14.9. The number of ether oxygens (including phenoxy) is 1. The minimum atomic E-state index is -0.108. The lowest BCUT2D eigenvalue weighted by Crippen LogP contribution is -2.38. The maximum absolute atomic E-state index is 6.65. The molecule has 0 atom stereocenters. The van der Waals surface area contributed by atoms with E-state index in [4.69, 9.17) is 10.5 Å². The van der Waals surface area contributed by atoms with Crippen LogP contribution in [0.5, 0.6) is 0 Å². The molecule has 1 saturated heterocycles. The van der Waals surface area contributed by atoms with E-state index in [0.717, 1.165) is 52.1 Å². The Morgan fingerprint density at radius 2 is 1.86 bits per heavy atom. The SMILES string of the molecule is NC1(c2ccc(CCN3CCOCC3)c(Br)c2)CCCCC1. The van der Waals surface area contributed by atoms with Crippen LogP contribution in [0.3, 0.4) is 0 Å². The van der Waals surface area contributed by atoms with Gasteiger partial charge in [-0.25, -0.2) is 0 Å². The van der Waals surface area contributed by atoms with Gasteiger partial charge in [0.15, 0.2) is 0 Å². The maximum Gasteiger partial charge on any atom is 0.0594 e. The summed E-state index contributed by atoms with van der Waals surface area (Å²) < 4.78 is 6.62. The van der Waals surface area contributed by atoms with Crippen LogP contribution in [0, 0.1) is 0 Å². The molecule has 1 aliphatic carbocycles. The van der Waals surface area contributed by atoms with E-state index in [1.54, 1.807) is 0 Å². The predicted octanol–water partition coefficient (Wildman–Crippen LogP) is 3.44. The molecule has 4 heteroatoms. The van der Waals surface area contributed by atoms with E-state index in [1.807, 2.05) is 0 Å². The lowest BCUT2D eigenvalue weighted by Gasteiger charge is -2.34. The number of hydrogen-bond donors (Lipinski definition) is 1. The summed E-state index contributed by atoms with van der Waals surface area (Å²) in [6.45, 7) is 4.96. The van der Waals surface area contributed by atoms with Gasteiger partial charge in [0.25, 0.3) is 0 Å². The number of rotatable bonds is 4. The van der Waals surface area contributed by atoms with Gasteiger partial charge in [0.1, 0.15) is 0 Å². The number of morpholine rings is 1. The van der Waals surface area contributed by atoms with Gasteiger partial charge in [0, 0.05) is 29.6 Å². The van der Waals surface area contributed by atoms with Crippen molar-refractivity contribution in [2.75, 3.05) is 32.8 Å². The van der Waals surface area contributed by atoms with Crippen LogP contribution in [-0.2, 0) is 16.7 Å². The van der Waals surface area contributed by atoms with Gasteiger partial charge in [0.05, 0.1) is 13.2 Å². The van der Waals surface area contributed by atoms with Gasteiger partial charge in [-0.05, 0) is 36.5 Å². The molecule has 1 aliphatic heterocycles. The van der Waals surface area contributed by atoms with E-state index in [9.17, 15) is 0 Å². The molecule has 0 amide bonds. The van der Waals surface area contributed by atoms with E-state index in [-0.39, 0.29) is 5.54 Å². The Bertz CT molecular complexity index is 494. The third-order valence-corrected chi connectivity index (χ3v) is 5.91. The van der Waals surface area contributed by atoms with E-state index in [2.05, 4.69) is 39.0 Å². The molecule has 22 heavy (non-hydrogen) atoms. The van der Waals surface area contributed by atoms with E-state index < -0.39 is 0 Å². The lowest BCUT2D eigenvalue weighted by atomic mass is 9.77. The second-order valence-electron chi connectivity index (χ2n) is 6.73. The second-order valence-corrected chi connectivity index (χ2v) is 7.58. The lowest BCUT2D eigenvalue weighted by molar-refractivity contribution is 0.0384. The maximum atomic E-state index is 6.65. The molecule has 2 aliphatic rings. The largest absolute Gasteiger partial charge is 0.379 e. The Balaban J connectivity index is 1.64. The number of nitrogens with two attached hydrogens (primary N) is 1. The average Bonchev–Trinajstić information content (AvgIpc) is 2.55. The molecule has 1 saturated carbocycles. The summed E-state index contributed by atoms with van der Waals surface area (Å²) in [6.07, 6.45) is 7.16. The quantitative estimate of drug-likeness (QED) is 0.886. The summed E-state index contributed by atoms with van der Waals surface area (Å²) in [6, 6.07) is 6.79. The van der Waals surface area contributed by atoms with Crippen molar-refractivity contribution in [2.24, 2.45) is 5.73 Å². The number of nitrogens with zero attached hydrogens (tertiary/aromatic N) is 1. The van der Waals surface area contributed by atoms with Crippen LogP contribution < -0.4 is 5.73 Å². The van der Waals surface area contributed by atoms with Crippen molar-refractivity contribution in [3.05, 3.63) is 33.8 Å². The minimum absolute atomic E-state index is 0.108. The van der Waals surface area contributed by atoms with Crippen LogP contribution in [0.4, 0.5) is 0 Å². The molecular weight excluding hydrogens is 340 g/mol. The first-order valence-electron chi connectivity index (χ1n) is 8.55. The van der Waals surface area contributed by atoms with Gasteiger partial charge in [0.2, 0.25) is 0 Å². The molecule has 1 heterocycles. The number of halogens is 1. The van der Waals surface area contributed by atoms with E-state index in [0.29, 0.717) is 0 Å². The van der Waals surface area contributed by atoms with E-state index >= 15 is 0 Å². The smallest absolute Gasteiger partial charge is 0.0594 e. The highest BCUT2D eigenvalue weighted by molar-refractivity contribution is 9.10. The predicted molar refractivity (Wildman–Crippen MR) is 94.1 cm³/mol. The molecule has 0 unspecified atom stereocenters. The Labute approximate surface area is 142 Å². The molecule has 3 rings (SSSR count). The number of benzene rings is 1. The summed E-state index contributed by atoms with van der Waals surface area (Å²) in [4.78, 5) is 2.48. The van der Waals surface area contributed by atoms with Crippen molar-refractivity contribution in [3.8, 4) is 0 Å². The van der Waals surface area contributed by atoms with E-state index in [1.165, 1.54) is 34.9 Å². The van der Waals surface area contributed by atoms with Crippen molar-refractivity contribution in [2.45, 2.75) is 44.1 Å². The van der Waals surface area contributed by atoms with Crippen molar-refractivity contribution < 1.29 is 4.74 Å². The Hall–Kier alpha value is -0.420. The Morgan fingerprint density at radius 1 is 1.14 bits per heavy atom. The van der Waals surface area contributed by atoms with Gasteiger partial charge in [-0.1, -0.05) is 47.3 Å². The number of hydrogen-bond acceptors (Lipinski definition) is 3. The van der Waals surface area contributed by atoms with Crippen LogP contribution in [-0.4, -0.2) is 37.7 Å². The van der Waals surface area contributed by atoms with Crippen LogP contribution in [0.25, 0.3) is 0 Å². The summed E-state index contributed by atoms with van der Waals surface area (Å²) in [5.41, 5.74) is 9.22. The molecule has 1 aromatic rings. The minimum Gasteiger partial charge on any atom is -0.379 e. The molecule has 122 valence electrons. The van der Waals surface area contributed by atoms with Crippen LogP contribution in [0.15, 0.2) is 22.7 Å². The van der Waals surface area contributed by atoms with Crippen molar-refractivity contribution >= 4 is 15.9 Å². The van der Waals surface area contributed by atoms with Gasteiger partial charge >= 0.3 is 0 Å². The first-order valence-corrected chi connectivity index (χ1v) is 9.35. The normalized spacial score (nSPS) is 22.6. The molecule has 3 nitrogen and oxygen atoms in total. The van der Waals surface area contributed by atoms with Crippen LogP contribution in [0.1, 0.15) is 43.2 Å². The fraction of sp³-hybridized carbons (Fsp3) is 0.667. The summed E-state index contributed by atoms with van der Waals surface area (Å²) in [5.74, 6) is 0. The fourth-order valence-corrected chi connectivity index (χ4v) is 4.21. The van der Waals surface area contributed by atoms with Crippen LogP contribution >= 0.6 is 15.9 Å². The fourth-order valence-electron chi connectivity index (χ4n) is 3.63. The highest BCUT2D eigenvalue weighted by atomic mass is 79.9. The third-order valence-electron chi connectivity index (χ3n) is 5.17. The highest BCUT2D eigenvalue weighted by Crippen LogP contribution is 2.36. The molecule has 0 radical (unpaired) electrons. The summed E-state index contributed by atoms with van der Waals surface area (Å²) in [7, 11) is 0. The van der Waals surface area contributed by atoms with Gasteiger partial charge < -0.3 is 10.5 Å². The topological polar surface area (TPSA) is 38.5 Å². The van der Waals surface area contributed by atoms with Crippen molar-refractivity contribution in [1.82, 2.24) is 4.90 Å². The first-order chi connectivity index (χ1) is 10.7. The van der Waals surface area contributed by atoms with Crippen molar-refractivity contribution in [3.63, 3.8) is 0 Å². The monoisotopic (exact) mass is 366 g/mol. The first kappa shape index (κ1) is 16.4. The zero-order chi connectivity index (χ0) is 15.4. The molecule has 0 spiro atoms. The third kappa shape index (κ3) is 3.91. The van der Waals surface area contributed by atoms with Crippen LogP contribution in [0.2, 0.25) is 0 Å². The standard InChI is InChI=1S/C18H27BrN2O/c19-17-14-16(18(20)7-2-1-3-8-18)5-4-15(17)6-9-21-10-12-22-13-11-21/h4-5,14H,1-3,6-13,20H2. The van der Waals surface area contributed by atoms with Gasteiger partial charge in [-0.2, -0.15) is 0 Å². The molecule has 0 bridgehead atoms. The molecule has 0 aromatic heterocycles. The second kappa shape index (κ2) is 7.43. The van der Waals surface area contributed by atoms with Gasteiger partial charge in [-0.15, -0.1) is 0 Å².